The lowest BCUT2D eigenvalue weighted by molar-refractivity contribution is 0.203. The van der Waals surface area contributed by atoms with Gasteiger partial charge in [0, 0.05) is 0 Å². The van der Waals surface area contributed by atoms with Crippen LogP contribution >= 0.6 is 11.6 Å². The molecule has 1 aromatic heterocycles. The van der Waals surface area contributed by atoms with E-state index in [0.717, 1.165) is 28.6 Å². The number of nitrogens with one attached hydrogen (secondary N) is 1. The van der Waals surface area contributed by atoms with Gasteiger partial charge in [0.1, 0.15) is 11.9 Å². The fourth-order valence-electron chi connectivity index (χ4n) is 2.90. The number of nitrogens with zero attached hydrogens (tertiary/aromatic N) is 2. The summed E-state index contributed by atoms with van der Waals surface area (Å²) in [6.45, 7) is 8.43. The highest BCUT2D eigenvalue weighted by molar-refractivity contribution is 6.32. The van der Waals surface area contributed by atoms with Crippen LogP contribution in [0.5, 0.6) is 11.5 Å². The van der Waals surface area contributed by atoms with Gasteiger partial charge in [-0.15, -0.1) is 0 Å². The number of benzene rings is 2. The van der Waals surface area contributed by atoms with E-state index >= 15 is 0 Å². The van der Waals surface area contributed by atoms with Crippen LogP contribution in [0.4, 0.5) is 0 Å². The molecule has 3 aromatic rings. The first-order chi connectivity index (χ1) is 13.9. The Balaban J connectivity index is 2.03. The maximum atomic E-state index is 9.70. The molecule has 5 nitrogen and oxygen atoms in total. The molecule has 0 bridgehead atoms. The molecular formula is C23H24ClN3O2. The molecule has 0 fully saturated rings. The quantitative estimate of drug-likeness (QED) is 0.474. The van der Waals surface area contributed by atoms with E-state index in [1.807, 2.05) is 52.0 Å². The highest BCUT2D eigenvalue weighted by Gasteiger charge is 2.16. The van der Waals surface area contributed by atoms with Gasteiger partial charge in [0.15, 0.2) is 11.5 Å². The summed E-state index contributed by atoms with van der Waals surface area (Å²) in [7, 11) is 0. The Kier molecular flexibility index (Phi) is 6.46. The van der Waals surface area contributed by atoms with E-state index in [1.165, 1.54) is 0 Å². The zero-order valence-electron chi connectivity index (χ0n) is 17.0. The molecule has 29 heavy (non-hydrogen) atoms. The monoisotopic (exact) mass is 409 g/mol. The second-order valence-electron chi connectivity index (χ2n) is 6.88. The molecule has 1 N–H and O–H groups in total. The molecule has 1 atom stereocenters. The van der Waals surface area contributed by atoms with Crippen LogP contribution in [0, 0.1) is 18.3 Å². The summed E-state index contributed by atoms with van der Waals surface area (Å²) in [6.07, 6.45) is 2.61. The second kappa shape index (κ2) is 9.02. The number of aromatic amines is 1. The molecule has 2 aromatic carbocycles. The zero-order valence-corrected chi connectivity index (χ0v) is 17.8. The SMILES string of the molecule is CCOc1cc(/C=C(/C#N)c2nc3ccc(C)cc3[nH]2)cc(Cl)c1O[C@H](C)CC. The van der Waals surface area contributed by atoms with Crippen molar-refractivity contribution >= 4 is 34.3 Å². The van der Waals surface area contributed by atoms with Gasteiger partial charge in [0.2, 0.25) is 0 Å². The van der Waals surface area contributed by atoms with Gasteiger partial charge in [-0.3, -0.25) is 0 Å². The molecule has 0 saturated carbocycles. The summed E-state index contributed by atoms with van der Waals surface area (Å²) in [5.41, 5.74) is 3.99. The van der Waals surface area contributed by atoms with Crippen LogP contribution < -0.4 is 9.47 Å². The van der Waals surface area contributed by atoms with Gasteiger partial charge >= 0.3 is 0 Å². The fraction of sp³-hybridized carbons (Fsp3) is 0.304. The molecule has 0 aliphatic heterocycles. The molecule has 0 unspecified atom stereocenters. The normalized spacial score (nSPS) is 12.6. The molecule has 0 aliphatic carbocycles. The molecule has 0 spiro atoms. The van der Waals surface area contributed by atoms with E-state index in [2.05, 4.69) is 16.0 Å². The number of hydrogen-bond acceptors (Lipinski definition) is 4. The minimum absolute atomic E-state index is 0.0155. The predicted octanol–water partition coefficient (Wildman–Crippen LogP) is 6.16. The van der Waals surface area contributed by atoms with Crippen LogP contribution in [0.25, 0.3) is 22.7 Å². The van der Waals surface area contributed by atoms with Crippen molar-refractivity contribution in [2.45, 2.75) is 40.2 Å². The van der Waals surface area contributed by atoms with Gasteiger partial charge in [0.25, 0.3) is 0 Å². The first-order valence-corrected chi connectivity index (χ1v) is 10.0. The van der Waals surface area contributed by atoms with Gasteiger partial charge in [0.05, 0.1) is 34.3 Å². The number of halogens is 1. The third-order valence-electron chi connectivity index (χ3n) is 4.55. The molecule has 1 heterocycles. The third kappa shape index (κ3) is 4.72. The average molecular weight is 410 g/mol. The van der Waals surface area contributed by atoms with Crippen LogP contribution in [0.15, 0.2) is 30.3 Å². The molecule has 0 aliphatic rings. The van der Waals surface area contributed by atoms with Crippen LogP contribution in [-0.4, -0.2) is 22.7 Å². The first kappa shape index (κ1) is 20.8. The van der Waals surface area contributed by atoms with Crippen LogP contribution in [0.1, 0.15) is 44.1 Å². The van der Waals surface area contributed by atoms with Crippen molar-refractivity contribution in [2.24, 2.45) is 0 Å². The van der Waals surface area contributed by atoms with Crippen molar-refractivity contribution in [3.8, 4) is 17.6 Å². The number of allylic oxidation sites excluding steroid dienone is 1. The number of imidazole rings is 1. The molecule has 0 radical (unpaired) electrons. The topological polar surface area (TPSA) is 70.9 Å². The standard InChI is InChI=1S/C23H24ClN3O2/c1-5-15(4)29-22-18(24)11-16(12-21(22)28-6-2)10-17(13-25)23-26-19-8-7-14(3)9-20(19)27-23/h7-12,15H,5-6H2,1-4H3,(H,26,27)/b17-10-/t15-/m1/s1. The molecule has 0 amide bonds. The van der Waals surface area contributed by atoms with Crippen molar-refractivity contribution in [3.63, 3.8) is 0 Å². The van der Waals surface area contributed by atoms with Crippen LogP contribution in [0.2, 0.25) is 5.02 Å². The number of aryl methyl sites for hydroxylation is 1. The van der Waals surface area contributed by atoms with Crippen LogP contribution in [-0.2, 0) is 0 Å². The summed E-state index contributed by atoms with van der Waals surface area (Å²) >= 11 is 6.49. The minimum atomic E-state index is 0.0155. The summed E-state index contributed by atoms with van der Waals surface area (Å²) in [5, 5.41) is 10.1. The van der Waals surface area contributed by atoms with Gasteiger partial charge in [-0.25, -0.2) is 4.98 Å². The Morgan fingerprint density at radius 2 is 2.10 bits per heavy atom. The predicted molar refractivity (Wildman–Crippen MR) is 117 cm³/mol. The Bertz CT molecular complexity index is 1100. The third-order valence-corrected chi connectivity index (χ3v) is 4.83. The number of H-pyrrole nitrogens is 1. The number of aromatic nitrogens is 2. The van der Waals surface area contributed by atoms with Gasteiger partial charge in [-0.2, -0.15) is 5.26 Å². The molecular weight excluding hydrogens is 386 g/mol. The summed E-state index contributed by atoms with van der Waals surface area (Å²) in [4.78, 5) is 7.75. The molecule has 150 valence electrons. The van der Waals surface area contributed by atoms with E-state index in [1.54, 1.807) is 12.1 Å². The van der Waals surface area contributed by atoms with Crippen molar-refractivity contribution in [1.29, 1.82) is 5.26 Å². The van der Waals surface area contributed by atoms with Crippen molar-refractivity contribution in [1.82, 2.24) is 9.97 Å². The lowest BCUT2D eigenvalue weighted by Gasteiger charge is -2.18. The summed E-state index contributed by atoms with van der Waals surface area (Å²) in [6, 6.07) is 11.8. The number of fused-ring (bicyclic) bond motifs is 1. The smallest absolute Gasteiger partial charge is 0.180 e. The van der Waals surface area contributed by atoms with Crippen molar-refractivity contribution < 1.29 is 9.47 Å². The van der Waals surface area contributed by atoms with Gasteiger partial charge in [-0.05, 0) is 68.7 Å². The van der Waals surface area contributed by atoms with Gasteiger partial charge in [-0.1, -0.05) is 24.6 Å². The highest BCUT2D eigenvalue weighted by atomic mass is 35.5. The fourth-order valence-corrected chi connectivity index (χ4v) is 3.17. The zero-order chi connectivity index (χ0) is 21.0. The highest BCUT2D eigenvalue weighted by Crippen LogP contribution is 2.38. The minimum Gasteiger partial charge on any atom is -0.490 e. The Morgan fingerprint density at radius 1 is 1.31 bits per heavy atom. The van der Waals surface area contributed by atoms with Crippen molar-refractivity contribution in [3.05, 3.63) is 52.3 Å². The van der Waals surface area contributed by atoms with Crippen LogP contribution in [0.3, 0.4) is 0 Å². The largest absolute Gasteiger partial charge is 0.490 e. The molecule has 0 saturated heterocycles. The van der Waals surface area contributed by atoms with Crippen molar-refractivity contribution in [2.75, 3.05) is 6.61 Å². The molecule has 3 rings (SSSR count). The van der Waals surface area contributed by atoms with E-state index in [4.69, 9.17) is 21.1 Å². The maximum absolute atomic E-state index is 9.70. The first-order valence-electron chi connectivity index (χ1n) is 9.66. The lowest BCUT2D eigenvalue weighted by atomic mass is 10.1. The Labute approximate surface area is 175 Å². The lowest BCUT2D eigenvalue weighted by Crippen LogP contribution is -2.11. The van der Waals surface area contributed by atoms with E-state index < -0.39 is 0 Å². The summed E-state index contributed by atoms with van der Waals surface area (Å²) in [5.74, 6) is 1.60. The number of nitriles is 1. The maximum Gasteiger partial charge on any atom is 0.180 e. The number of hydrogen-bond donors (Lipinski definition) is 1. The number of rotatable bonds is 7. The Hall–Kier alpha value is -2.97. The van der Waals surface area contributed by atoms with E-state index in [-0.39, 0.29) is 6.10 Å². The average Bonchev–Trinajstić information content (AvgIpc) is 3.11. The number of ether oxygens (including phenoxy) is 2. The van der Waals surface area contributed by atoms with E-state index in [0.29, 0.717) is 34.5 Å². The molecule has 6 heteroatoms. The summed E-state index contributed by atoms with van der Waals surface area (Å²) < 4.78 is 11.7. The Morgan fingerprint density at radius 3 is 2.79 bits per heavy atom. The second-order valence-corrected chi connectivity index (χ2v) is 7.28. The van der Waals surface area contributed by atoms with E-state index in [9.17, 15) is 5.26 Å². The van der Waals surface area contributed by atoms with Gasteiger partial charge < -0.3 is 14.5 Å².